The lowest BCUT2D eigenvalue weighted by Crippen LogP contribution is -2.06. The number of halogens is 1. The van der Waals surface area contributed by atoms with E-state index in [1.54, 1.807) is 0 Å². The number of benzene rings is 1. The minimum atomic E-state index is 0.900. The van der Waals surface area contributed by atoms with Crippen molar-refractivity contribution in [3.05, 3.63) is 57.8 Å². The van der Waals surface area contributed by atoms with Crippen molar-refractivity contribution in [2.24, 2.45) is 0 Å². The Hall–Kier alpha value is -1.35. The fourth-order valence-corrected chi connectivity index (χ4v) is 2.16. The van der Waals surface area contributed by atoms with Gasteiger partial charge in [-0.15, -0.1) is 0 Å². The van der Waals surface area contributed by atoms with Gasteiger partial charge in [-0.3, -0.25) is 4.98 Å². The number of hydrogen-bond donors (Lipinski definition) is 1. The molecule has 0 saturated heterocycles. The highest BCUT2D eigenvalue weighted by Gasteiger charge is 2.02. The Labute approximate surface area is 117 Å². The maximum atomic E-state index is 4.31. The van der Waals surface area contributed by atoms with Crippen LogP contribution in [0.4, 0.5) is 5.69 Å². The SMILES string of the molecule is Cc1cc(NCCc2ccccn2)cc(C)c1Br. The maximum absolute atomic E-state index is 4.31. The van der Waals surface area contributed by atoms with Crippen molar-refractivity contribution in [1.29, 1.82) is 0 Å². The highest BCUT2D eigenvalue weighted by atomic mass is 79.9. The second-order valence-corrected chi connectivity index (χ2v) is 5.21. The van der Waals surface area contributed by atoms with Crippen molar-refractivity contribution in [1.82, 2.24) is 4.98 Å². The van der Waals surface area contributed by atoms with Crippen LogP contribution in [0.3, 0.4) is 0 Å². The Morgan fingerprint density at radius 1 is 1.17 bits per heavy atom. The number of nitrogens with zero attached hydrogens (tertiary/aromatic N) is 1. The van der Waals surface area contributed by atoms with Crippen molar-refractivity contribution in [3.8, 4) is 0 Å². The van der Waals surface area contributed by atoms with Gasteiger partial charge in [-0.1, -0.05) is 22.0 Å². The molecule has 2 rings (SSSR count). The van der Waals surface area contributed by atoms with E-state index in [2.05, 4.69) is 58.3 Å². The average molecular weight is 305 g/mol. The van der Waals surface area contributed by atoms with Crippen LogP contribution in [0.5, 0.6) is 0 Å². The summed E-state index contributed by atoms with van der Waals surface area (Å²) in [6, 6.07) is 10.3. The van der Waals surface area contributed by atoms with Crippen LogP contribution in [0.1, 0.15) is 16.8 Å². The second-order valence-electron chi connectivity index (χ2n) is 4.42. The van der Waals surface area contributed by atoms with Gasteiger partial charge in [0.05, 0.1) is 0 Å². The molecule has 0 spiro atoms. The largest absolute Gasteiger partial charge is 0.385 e. The van der Waals surface area contributed by atoms with Gasteiger partial charge >= 0.3 is 0 Å². The molecule has 1 N–H and O–H groups in total. The number of hydrogen-bond acceptors (Lipinski definition) is 2. The summed E-state index contributed by atoms with van der Waals surface area (Å²) in [6.45, 7) is 5.12. The molecular weight excluding hydrogens is 288 g/mol. The molecule has 18 heavy (non-hydrogen) atoms. The van der Waals surface area contributed by atoms with Crippen molar-refractivity contribution in [2.45, 2.75) is 20.3 Å². The standard InChI is InChI=1S/C15H17BrN2/c1-11-9-14(10-12(2)15(11)16)18-8-6-13-5-3-4-7-17-13/h3-5,7,9-10,18H,6,8H2,1-2H3. The van der Waals surface area contributed by atoms with E-state index in [0.717, 1.165) is 18.7 Å². The van der Waals surface area contributed by atoms with Crippen LogP contribution in [0.2, 0.25) is 0 Å². The van der Waals surface area contributed by atoms with Crippen LogP contribution in [0.15, 0.2) is 41.0 Å². The topological polar surface area (TPSA) is 24.9 Å². The van der Waals surface area contributed by atoms with Crippen molar-refractivity contribution in [2.75, 3.05) is 11.9 Å². The van der Waals surface area contributed by atoms with E-state index < -0.39 is 0 Å². The first-order valence-corrected chi connectivity index (χ1v) is 6.86. The summed E-state index contributed by atoms with van der Waals surface area (Å²) < 4.78 is 1.19. The van der Waals surface area contributed by atoms with Crippen LogP contribution in [-0.4, -0.2) is 11.5 Å². The molecule has 0 atom stereocenters. The van der Waals surface area contributed by atoms with E-state index >= 15 is 0 Å². The molecule has 1 heterocycles. The summed E-state index contributed by atoms with van der Waals surface area (Å²) in [4.78, 5) is 4.31. The Bertz CT molecular complexity index is 500. The van der Waals surface area contributed by atoms with E-state index in [0.29, 0.717) is 0 Å². The zero-order valence-corrected chi connectivity index (χ0v) is 12.3. The molecular formula is C15H17BrN2. The lowest BCUT2D eigenvalue weighted by molar-refractivity contribution is 0.961. The Morgan fingerprint density at radius 2 is 1.89 bits per heavy atom. The van der Waals surface area contributed by atoms with Gasteiger partial charge in [-0.05, 0) is 49.2 Å². The van der Waals surface area contributed by atoms with Gasteiger partial charge in [0.1, 0.15) is 0 Å². The summed E-state index contributed by atoms with van der Waals surface area (Å²) >= 11 is 3.58. The van der Waals surface area contributed by atoms with Crippen molar-refractivity contribution in [3.63, 3.8) is 0 Å². The number of aromatic nitrogens is 1. The first kappa shape index (κ1) is 13.1. The molecule has 0 amide bonds. The van der Waals surface area contributed by atoms with E-state index in [9.17, 15) is 0 Å². The first-order chi connectivity index (χ1) is 8.66. The average Bonchev–Trinajstić information content (AvgIpc) is 2.37. The third-order valence-corrected chi connectivity index (χ3v) is 4.12. The first-order valence-electron chi connectivity index (χ1n) is 6.07. The van der Waals surface area contributed by atoms with Gasteiger partial charge in [0.15, 0.2) is 0 Å². The number of aryl methyl sites for hydroxylation is 2. The lowest BCUT2D eigenvalue weighted by atomic mass is 10.1. The predicted octanol–water partition coefficient (Wildman–Crippen LogP) is 4.12. The zero-order valence-electron chi connectivity index (χ0n) is 10.7. The zero-order chi connectivity index (χ0) is 13.0. The van der Waals surface area contributed by atoms with Crippen LogP contribution in [0, 0.1) is 13.8 Å². The molecule has 0 fully saturated rings. The Balaban J connectivity index is 1.95. The molecule has 1 aromatic carbocycles. The number of anilines is 1. The maximum Gasteiger partial charge on any atom is 0.0421 e. The number of pyridine rings is 1. The fraction of sp³-hybridized carbons (Fsp3) is 0.267. The minimum Gasteiger partial charge on any atom is -0.385 e. The molecule has 0 aliphatic carbocycles. The lowest BCUT2D eigenvalue weighted by Gasteiger charge is -2.10. The van der Waals surface area contributed by atoms with Gasteiger partial charge in [0, 0.05) is 35.0 Å². The van der Waals surface area contributed by atoms with Gasteiger partial charge in [0.2, 0.25) is 0 Å². The molecule has 3 heteroatoms. The molecule has 0 aliphatic rings. The molecule has 0 radical (unpaired) electrons. The summed E-state index contributed by atoms with van der Waals surface area (Å²) in [6.07, 6.45) is 2.78. The molecule has 1 aromatic heterocycles. The quantitative estimate of drug-likeness (QED) is 0.919. The molecule has 2 aromatic rings. The fourth-order valence-electron chi connectivity index (χ4n) is 1.93. The van der Waals surface area contributed by atoms with Gasteiger partial charge in [-0.25, -0.2) is 0 Å². The molecule has 0 unspecified atom stereocenters. The Kier molecular flexibility index (Phi) is 4.37. The van der Waals surface area contributed by atoms with E-state index in [1.807, 2.05) is 18.3 Å². The van der Waals surface area contributed by atoms with Gasteiger partial charge in [-0.2, -0.15) is 0 Å². The van der Waals surface area contributed by atoms with Crippen LogP contribution in [-0.2, 0) is 6.42 Å². The summed E-state index contributed by atoms with van der Waals surface area (Å²) in [5, 5.41) is 3.44. The smallest absolute Gasteiger partial charge is 0.0421 e. The van der Waals surface area contributed by atoms with E-state index in [4.69, 9.17) is 0 Å². The third-order valence-electron chi connectivity index (χ3n) is 2.87. The molecule has 2 nitrogen and oxygen atoms in total. The summed E-state index contributed by atoms with van der Waals surface area (Å²) in [7, 11) is 0. The Morgan fingerprint density at radius 3 is 2.50 bits per heavy atom. The molecule has 0 aliphatic heterocycles. The minimum absolute atomic E-state index is 0.900. The van der Waals surface area contributed by atoms with Crippen LogP contribution >= 0.6 is 15.9 Å². The van der Waals surface area contributed by atoms with Crippen LogP contribution < -0.4 is 5.32 Å². The monoisotopic (exact) mass is 304 g/mol. The number of nitrogens with one attached hydrogen (secondary N) is 1. The third kappa shape index (κ3) is 3.33. The molecule has 0 bridgehead atoms. The van der Waals surface area contributed by atoms with Gasteiger partial charge < -0.3 is 5.32 Å². The highest BCUT2D eigenvalue weighted by Crippen LogP contribution is 2.24. The van der Waals surface area contributed by atoms with Crippen LogP contribution in [0.25, 0.3) is 0 Å². The molecule has 0 saturated carbocycles. The van der Waals surface area contributed by atoms with Crippen molar-refractivity contribution < 1.29 is 0 Å². The summed E-state index contributed by atoms with van der Waals surface area (Å²) in [5.41, 5.74) is 4.81. The highest BCUT2D eigenvalue weighted by molar-refractivity contribution is 9.10. The summed E-state index contributed by atoms with van der Waals surface area (Å²) in [5.74, 6) is 0. The molecule has 94 valence electrons. The van der Waals surface area contributed by atoms with E-state index in [-0.39, 0.29) is 0 Å². The predicted molar refractivity (Wildman–Crippen MR) is 80.0 cm³/mol. The van der Waals surface area contributed by atoms with E-state index in [1.165, 1.54) is 21.3 Å². The normalized spacial score (nSPS) is 10.4. The van der Waals surface area contributed by atoms with Crippen molar-refractivity contribution >= 4 is 21.6 Å². The second kappa shape index (κ2) is 6.01. The van der Waals surface area contributed by atoms with Gasteiger partial charge in [0.25, 0.3) is 0 Å². The number of rotatable bonds is 4.